The second-order valence-corrected chi connectivity index (χ2v) is 22.8. The van der Waals surface area contributed by atoms with Crippen LogP contribution < -0.4 is 37.2 Å². The van der Waals surface area contributed by atoms with E-state index in [1.54, 1.807) is 17.0 Å². The summed E-state index contributed by atoms with van der Waals surface area (Å²) >= 11 is 0. The quantitative estimate of drug-likeness (QED) is 0.0426. The second kappa shape index (κ2) is 26.4. The maximum atomic E-state index is 14.9. The molecule has 23 heteroatoms. The van der Waals surface area contributed by atoms with Crippen molar-refractivity contribution in [1.82, 2.24) is 51.7 Å². The molecule has 0 radical (unpaired) electrons. The number of likely N-dealkylation sites (tertiary alicyclic amines) is 1. The molecule has 1 aromatic carbocycles. The summed E-state index contributed by atoms with van der Waals surface area (Å²) < 4.78 is 11.3. The highest BCUT2D eigenvalue weighted by Crippen LogP contribution is 2.43. The van der Waals surface area contributed by atoms with Gasteiger partial charge in [-0.25, -0.2) is 9.97 Å². The fourth-order valence-electron chi connectivity index (χ4n) is 11.7. The van der Waals surface area contributed by atoms with Gasteiger partial charge in [0.25, 0.3) is 23.6 Å². The molecule has 23 nitrogen and oxygen atoms in total. The molecule has 9 amide bonds. The molecule has 8 rings (SSSR count). The van der Waals surface area contributed by atoms with Crippen molar-refractivity contribution in [3.8, 4) is 0 Å². The van der Waals surface area contributed by atoms with Crippen LogP contribution in [0.4, 0.5) is 5.69 Å². The molecule has 0 spiro atoms. The zero-order valence-electron chi connectivity index (χ0n) is 45.8. The molecule has 1 aromatic heterocycles. The number of carbonyl (C=O) groups excluding carboxylic acids is 10. The summed E-state index contributed by atoms with van der Waals surface area (Å²) in [7, 11) is 0. The summed E-state index contributed by atoms with van der Waals surface area (Å²) in [6.07, 6.45) is 11.7. The van der Waals surface area contributed by atoms with Crippen LogP contribution in [-0.2, 0) is 49.6 Å². The lowest BCUT2D eigenvalue weighted by molar-refractivity contribution is -0.146. The monoisotopic (exact) mass is 1100 g/mol. The molecule has 3 aliphatic heterocycles. The number of ether oxygens (including phenoxy) is 2. The molecule has 79 heavy (non-hydrogen) atoms. The van der Waals surface area contributed by atoms with Crippen LogP contribution in [0.3, 0.4) is 0 Å². The number of hydrogen-bond acceptors (Lipinski definition) is 15. The normalized spacial score (nSPS) is 22.2. The Bertz CT molecular complexity index is 2620. The third-order valence-electron chi connectivity index (χ3n) is 16.0. The van der Waals surface area contributed by atoms with Crippen LogP contribution in [0.5, 0.6) is 0 Å². The van der Waals surface area contributed by atoms with Crippen LogP contribution in [0, 0.1) is 23.2 Å². The summed E-state index contributed by atoms with van der Waals surface area (Å²) in [6.45, 7) is 9.57. The Balaban J connectivity index is 0.791. The Morgan fingerprint density at radius 3 is 2.18 bits per heavy atom. The number of Topliss-reactive ketones (excluding diaryl/α,β-unsaturated/α-hetero) is 1. The molecule has 2 unspecified atom stereocenters. The van der Waals surface area contributed by atoms with E-state index in [-0.39, 0.29) is 99.2 Å². The van der Waals surface area contributed by atoms with Gasteiger partial charge in [-0.15, -0.1) is 0 Å². The van der Waals surface area contributed by atoms with E-state index in [1.165, 1.54) is 17.3 Å². The molecule has 0 bridgehead atoms. The molecule has 3 saturated carbocycles. The van der Waals surface area contributed by atoms with Gasteiger partial charge in [0.1, 0.15) is 35.6 Å². The molecule has 2 saturated heterocycles. The van der Waals surface area contributed by atoms with Crippen molar-refractivity contribution >= 4 is 64.6 Å². The summed E-state index contributed by atoms with van der Waals surface area (Å²) in [5.74, 6) is -5.51. The van der Waals surface area contributed by atoms with Gasteiger partial charge in [0.15, 0.2) is 0 Å². The maximum Gasteiger partial charge on any atom is 0.289 e. The number of carbonyl (C=O) groups is 10. The van der Waals surface area contributed by atoms with Crippen molar-refractivity contribution in [2.75, 3.05) is 51.4 Å². The summed E-state index contributed by atoms with van der Waals surface area (Å²) in [6, 6.07) is 0.553. The van der Waals surface area contributed by atoms with Crippen LogP contribution in [-0.4, -0.2) is 161 Å². The topological polar surface area (TPSA) is 306 Å². The molecule has 7 atom stereocenters. The number of imide groups is 1. The van der Waals surface area contributed by atoms with Crippen LogP contribution in [0.25, 0.3) is 0 Å². The minimum absolute atomic E-state index is 0.0268. The highest BCUT2D eigenvalue weighted by Gasteiger charge is 2.53. The largest absolute Gasteiger partial charge is 0.382 e. The first kappa shape index (κ1) is 58.3. The minimum Gasteiger partial charge on any atom is -0.382 e. The first-order chi connectivity index (χ1) is 37.9. The van der Waals surface area contributed by atoms with Crippen LogP contribution in [0.1, 0.15) is 154 Å². The number of amides is 9. The standard InChI is InChI=1S/C56H77N11O12/c1-5-11-39(46(69)53(75)61-34-18-19-34)62-52(74)45-35-15-9-14-33(35)30-67(45)55(77)47(56(2,3)4)65-51(73)44(32-12-7-6-8-13-32)64-49(71)41-29-59-40(28-60-41)48(70)58-23-25-79-27-26-78-24-22-57-38-17-10-16-36-37(38)31-66(54(36)76)42-20-21-43(68)63-50(42)72/h10,16-17,28-29,32-35,39,42,44-45,47,57H,5-9,11-15,18-27,30-31H2,1-4H3,(H,58,70)(H,61,75)(H,62,74)(H,64,71)(H,65,73)(H,63,68,72)/t33-,35?,39-,42?,44-,45-,47+/m0/s1. The number of nitrogens with one attached hydrogen (secondary N) is 7. The van der Waals surface area contributed by atoms with Crippen LogP contribution in [0.15, 0.2) is 30.6 Å². The predicted octanol–water partition coefficient (Wildman–Crippen LogP) is 2.08. The number of rotatable bonds is 25. The molecule has 4 heterocycles. The molecule has 2 aromatic rings. The summed E-state index contributed by atoms with van der Waals surface area (Å²) in [5, 5.41) is 19.8. The molecule has 3 aliphatic carbocycles. The number of aromatic nitrogens is 2. The number of hydrogen-bond donors (Lipinski definition) is 7. The summed E-state index contributed by atoms with van der Waals surface area (Å²) in [5.41, 5.74) is 1.06. The average Bonchev–Trinajstić information content (AvgIpc) is 3.95. The average molecular weight is 1100 g/mol. The van der Waals surface area contributed by atoms with E-state index in [0.717, 1.165) is 62.6 Å². The van der Waals surface area contributed by atoms with Crippen LogP contribution >= 0.6 is 0 Å². The van der Waals surface area contributed by atoms with Gasteiger partial charge >= 0.3 is 0 Å². The van der Waals surface area contributed by atoms with E-state index in [1.807, 2.05) is 33.8 Å². The highest BCUT2D eigenvalue weighted by molar-refractivity contribution is 6.38. The number of anilines is 1. The lowest BCUT2D eigenvalue weighted by Gasteiger charge is -2.38. The molecule has 5 fully saturated rings. The van der Waals surface area contributed by atoms with E-state index in [4.69, 9.17) is 9.47 Å². The smallest absolute Gasteiger partial charge is 0.289 e. The number of ketones is 1. The molecule has 6 aliphatic rings. The van der Waals surface area contributed by atoms with Crippen molar-refractivity contribution < 1.29 is 57.4 Å². The van der Waals surface area contributed by atoms with Gasteiger partial charge in [0.2, 0.25) is 35.3 Å². The maximum absolute atomic E-state index is 14.9. The van der Waals surface area contributed by atoms with Crippen molar-refractivity contribution in [3.63, 3.8) is 0 Å². The fraction of sp³-hybridized carbons (Fsp3) is 0.643. The van der Waals surface area contributed by atoms with Crippen molar-refractivity contribution in [2.45, 2.75) is 160 Å². The van der Waals surface area contributed by atoms with Crippen molar-refractivity contribution in [3.05, 3.63) is 53.1 Å². The Morgan fingerprint density at radius 1 is 0.797 bits per heavy atom. The Morgan fingerprint density at radius 2 is 1.51 bits per heavy atom. The fourth-order valence-corrected chi connectivity index (χ4v) is 11.7. The predicted molar refractivity (Wildman–Crippen MR) is 286 cm³/mol. The number of benzene rings is 1. The SMILES string of the molecule is CCC[C@H](NC(=O)[C@@H]1C2CCC[C@H]2CN1C(=O)[C@@H](NC(=O)[C@@H](NC(=O)c1cnc(C(=O)NCCOCCOCCNc2cccc3c2CN(C2CCC(=O)NC2=O)C3=O)cn1)C1CCCCC1)C(C)(C)C)C(=O)C(=O)NC1CC1. The van der Waals surface area contributed by atoms with Gasteiger partial charge in [-0.05, 0) is 86.7 Å². The lowest BCUT2D eigenvalue weighted by atomic mass is 9.82. The van der Waals surface area contributed by atoms with E-state index < -0.39 is 82.8 Å². The van der Waals surface area contributed by atoms with E-state index in [9.17, 15) is 47.9 Å². The zero-order chi connectivity index (χ0) is 56.4. The van der Waals surface area contributed by atoms with E-state index >= 15 is 0 Å². The third-order valence-corrected chi connectivity index (χ3v) is 16.0. The van der Waals surface area contributed by atoms with Gasteiger partial charge in [-0.3, -0.25) is 53.3 Å². The number of nitrogens with zero attached hydrogens (tertiary/aromatic N) is 4. The zero-order valence-corrected chi connectivity index (χ0v) is 45.8. The Hall–Kier alpha value is -6.88. The van der Waals surface area contributed by atoms with Gasteiger partial charge in [-0.2, -0.15) is 0 Å². The van der Waals surface area contributed by atoms with Gasteiger partial charge < -0.3 is 51.2 Å². The first-order valence-electron chi connectivity index (χ1n) is 28.3. The van der Waals surface area contributed by atoms with Crippen LogP contribution in [0.2, 0.25) is 0 Å². The molecule has 7 N–H and O–H groups in total. The second-order valence-electron chi connectivity index (χ2n) is 22.8. The lowest BCUT2D eigenvalue weighted by Crippen LogP contribution is -2.62. The Kier molecular flexibility index (Phi) is 19.5. The van der Waals surface area contributed by atoms with E-state index in [0.29, 0.717) is 44.5 Å². The minimum atomic E-state index is -1.10. The molecular weight excluding hydrogens is 1020 g/mol. The van der Waals surface area contributed by atoms with Crippen molar-refractivity contribution in [1.29, 1.82) is 0 Å². The molecule has 428 valence electrons. The van der Waals surface area contributed by atoms with E-state index in [2.05, 4.69) is 47.2 Å². The molecular formula is C56H77N11O12. The number of piperidine rings is 1. The summed E-state index contributed by atoms with van der Waals surface area (Å²) in [4.78, 5) is 145. The number of fused-ring (bicyclic) bond motifs is 2. The van der Waals surface area contributed by atoms with Gasteiger partial charge in [0.05, 0.1) is 44.9 Å². The third kappa shape index (κ3) is 14.5. The first-order valence-corrected chi connectivity index (χ1v) is 28.3. The van der Waals surface area contributed by atoms with Gasteiger partial charge in [-0.1, -0.05) is 65.9 Å². The van der Waals surface area contributed by atoms with Gasteiger partial charge in [0, 0.05) is 55.5 Å². The Labute approximate surface area is 460 Å². The van der Waals surface area contributed by atoms with Crippen molar-refractivity contribution in [2.24, 2.45) is 23.2 Å². The highest BCUT2D eigenvalue weighted by atomic mass is 16.5.